The van der Waals surface area contributed by atoms with Crippen LogP contribution in [0.25, 0.3) is 10.9 Å². The molecule has 0 fully saturated rings. The number of carbonyl (C=O) groups is 1. The van der Waals surface area contributed by atoms with E-state index in [2.05, 4.69) is 21.1 Å². The molecule has 1 amide bonds. The number of aryl methyl sites for hydroxylation is 3. The number of halogens is 1. The molecule has 2 heterocycles. The van der Waals surface area contributed by atoms with Crippen LogP contribution < -0.4 is 5.32 Å². The molecule has 24 heavy (non-hydrogen) atoms. The third-order valence-electron chi connectivity index (χ3n) is 4.07. The molecule has 0 aliphatic carbocycles. The van der Waals surface area contributed by atoms with Gasteiger partial charge in [0.05, 0.1) is 17.1 Å². The summed E-state index contributed by atoms with van der Waals surface area (Å²) in [5.74, 6) is 0.0417. The zero-order valence-corrected chi connectivity index (χ0v) is 15.6. The van der Waals surface area contributed by atoms with E-state index in [1.807, 2.05) is 39.1 Å². The van der Waals surface area contributed by atoms with Gasteiger partial charge in [-0.1, -0.05) is 11.6 Å². The number of benzene rings is 1. The molecule has 0 radical (unpaired) electrons. The van der Waals surface area contributed by atoms with Crippen molar-refractivity contribution in [1.82, 2.24) is 14.9 Å². The number of thiazole rings is 1. The van der Waals surface area contributed by atoms with Gasteiger partial charge in [0, 0.05) is 40.6 Å². The second kappa shape index (κ2) is 6.95. The fraction of sp³-hybridized carbons (Fsp3) is 0.333. The SMILES string of the molecule is Cc1nc(C)c(CC(=O)NCCc2cn(C)c3ccc(Cl)cc23)s1. The smallest absolute Gasteiger partial charge is 0.225 e. The summed E-state index contributed by atoms with van der Waals surface area (Å²) in [6.07, 6.45) is 3.28. The van der Waals surface area contributed by atoms with Crippen molar-refractivity contribution >= 4 is 39.7 Å². The highest BCUT2D eigenvalue weighted by atomic mass is 35.5. The van der Waals surface area contributed by atoms with Crippen LogP contribution in [0.1, 0.15) is 21.1 Å². The maximum atomic E-state index is 12.1. The van der Waals surface area contributed by atoms with E-state index in [-0.39, 0.29) is 5.91 Å². The van der Waals surface area contributed by atoms with Crippen molar-refractivity contribution in [3.05, 3.63) is 50.6 Å². The first-order valence-corrected chi connectivity index (χ1v) is 9.06. The molecule has 1 aromatic carbocycles. The molecule has 0 aliphatic rings. The Morgan fingerprint density at radius 3 is 2.88 bits per heavy atom. The number of amides is 1. The number of hydrogen-bond acceptors (Lipinski definition) is 3. The van der Waals surface area contributed by atoms with Crippen molar-refractivity contribution < 1.29 is 4.79 Å². The lowest BCUT2D eigenvalue weighted by Crippen LogP contribution is -2.27. The first-order valence-electron chi connectivity index (χ1n) is 7.87. The van der Waals surface area contributed by atoms with Crippen LogP contribution >= 0.6 is 22.9 Å². The second-order valence-corrected chi connectivity index (χ2v) is 7.67. The first-order chi connectivity index (χ1) is 11.4. The van der Waals surface area contributed by atoms with Gasteiger partial charge in [0.1, 0.15) is 0 Å². The van der Waals surface area contributed by atoms with Crippen molar-refractivity contribution in [1.29, 1.82) is 0 Å². The van der Waals surface area contributed by atoms with E-state index in [0.717, 1.165) is 37.9 Å². The van der Waals surface area contributed by atoms with Gasteiger partial charge in [-0.15, -0.1) is 11.3 Å². The molecule has 0 aliphatic heterocycles. The van der Waals surface area contributed by atoms with E-state index in [9.17, 15) is 4.79 Å². The van der Waals surface area contributed by atoms with Gasteiger partial charge in [-0.25, -0.2) is 4.98 Å². The number of nitrogens with one attached hydrogen (secondary N) is 1. The highest BCUT2D eigenvalue weighted by Gasteiger charge is 2.11. The maximum Gasteiger partial charge on any atom is 0.225 e. The van der Waals surface area contributed by atoms with Gasteiger partial charge < -0.3 is 9.88 Å². The minimum absolute atomic E-state index is 0.0417. The summed E-state index contributed by atoms with van der Waals surface area (Å²) >= 11 is 7.70. The van der Waals surface area contributed by atoms with Gasteiger partial charge in [-0.05, 0) is 44.0 Å². The molecule has 0 atom stereocenters. The Bertz CT molecular complexity index is 897. The predicted octanol–water partition coefficient (Wildman–Crippen LogP) is 3.81. The Morgan fingerprint density at radius 2 is 2.17 bits per heavy atom. The number of fused-ring (bicyclic) bond motifs is 1. The van der Waals surface area contributed by atoms with Gasteiger partial charge in [-0.3, -0.25) is 4.79 Å². The monoisotopic (exact) mass is 361 g/mol. The molecule has 6 heteroatoms. The Hall–Kier alpha value is -1.85. The molecule has 1 N–H and O–H groups in total. The summed E-state index contributed by atoms with van der Waals surface area (Å²) in [5.41, 5.74) is 3.30. The van der Waals surface area contributed by atoms with Crippen LogP contribution in [0.15, 0.2) is 24.4 Å². The number of hydrogen-bond donors (Lipinski definition) is 1. The molecule has 2 aromatic heterocycles. The molecule has 126 valence electrons. The van der Waals surface area contributed by atoms with E-state index >= 15 is 0 Å². The summed E-state index contributed by atoms with van der Waals surface area (Å²) in [4.78, 5) is 17.5. The van der Waals surface area contributed by atoms with Crippen molar-refractivity contribution in [3.63, 3.8) is 0 Å². The van der Waals surface area contributed by atoms with Crippen molar-refractivity contribution in [3.8, 4) is 0 Å². The van der Waals surface area contributed by atoms with Crippen molar-refractivity contribution in [2.45, 2.75) is 26.7 Å². The van der Waals surface area contributed by atoms with Crippen LogP contribution in [0.4, 0.5) is 0 Å². The Balaban J connectivity index is 1.61. The lowest BCUT2D eigenvalue weighted by atomic mass is 10.1. The quantitative estimate of drug-likeness (QED) is 0.751. The summed E-state index contributed by atoms with van der Waals surface area (Å²) < 4.78 is 2.09. The van der Waals surface area contributed by atoms with E-state index in [0.29, 0.717) is 13.0 Å². The third-order valence-corrected chi connectivity index (χ3v) is 5.38. The molecule has 4 nitrogen and oxygen atoms in total. The zero-order chi connectivity index (χ0) is 17.3. The van der Waals surface area contributed by atoms with Crippen molar-refractivity contribution in [2.24, 2.45) is 7.05 Å². The van der Waals surface area contributed by atoms with Gasteiger partial charge >= 0.3 is 0 Å². The average molecular weight is 362 g/mol. The average Bonchev–Trinajstić information content (AvgIpc) is 2.99. The van der Waals surface area contributed by atoms with Crippen LogP contribution in [-0.4, -0.2) is 22.0 Å². The van der Waals surface area contributed by atoms with Crippen LogP contribution in [-0.2, 0) is 24.7 Å². The number of nitrogens with zero attached hydrogens (tertiary/aromatic N) is 2. The fourth-order valence-electron chi connectivity index (χ4n) is 2.93. The zero-order valence-electron chi connectivity index (χ0n) is 14.0. The van der Waals surface area contributed by atoms with Crippen LogP contribution in [0.3, 0.4) is 0 Å². The third kappa shape index (κ3) is 3.62. The van der Waals surface area contributed by atoms with E-state index in [4.69, 9.17) is 11.6 Å². The number of carbonyl (C=O) groups excluding carboxylic acids is 1. The Kier molecular flexibility index (Phi) is 4.92. The summed E-state index contributed by atoms with van der Waals surface area (Å²) in [6, 6.07) is 5.90. The minimum Gasteiger partial charge on any atom is -0.355 e. The molecule has 0 saturated carbocycles. The van der Waals surface area contributed by atoms with E-state index in [1.54, 1.807) is 11.3 Å². The highest BCUT2D eigenvalue weighted by Crippen LogP contribution is 2.24. The molecule has 0 unspecified atom stereocenters. The molecule has 0 spiro atoms. The molecule has 3 aromatic rings. The van der Waals surface area contributed by atoms with Gasteiger partial charge in [0.2, 0.25) is 5.91 Å². The summed E-state index contributed by atoms with van der Waals surface area (Å²) in [5, 5.41) is 5.88. The van der Waals surface area contributed by atoms with E-state index < -0.39 is 0 Å². The Labute approximate surface area is 150 Å². The minimum atomic E-state index is 0.0417. The first kappa shape index (κ1) is 17.0. The lowest BCUT2D eigenvalue weighted by Gasteiger charge is -2.04. The van der Waals surface area contributed by atoms with Gasteiger partial charge in [-0.2, -0.15) is 0 Å². The fourth-order valence-corrected chi connectivity index (χ4v) is 4.04. The second-order valence-electron chi connectivity index (χ2n) is 5.94. The predicted molar refractivity (Wildman–Crippen MR) is 99.9 cm³/mol. The van der Waals surface area contributed by atoms with Crippen LogP contribution in [0.2, 0.25) is 5.02 Å². The van der Waals surface area contributed by atoms with Crippen LogP contribution in [0, 0.1) is 13.8 Å². The van der Waals surface area contributed by atoms with Crippen molar-refractivity contribution in [2.75, 3.05) is 6.54 Å². The molecule has 0 bridgehead atoms. The van der Waals surface area contributed by atoms with Gasteiger partial charge in [0.15, 0.2) is 0 Å². The number of aromatic nitrogens is 2. The molecular weight excluding hydrogens is 342 g/mol. The highest BCUT2D eigenvalue weighted by molar-refractivity contribution is 7.11. The largest absolute Gasteiger partial charge is 0.355 e. The molecular formula is C18H20ClN3OS. The normalized spacial score (nSPS) is 11.2. The summed E-state index contributed by atoms with van der Waals surface area (Å²) in [6.45, 7) is 4.53. The topological polar surface area (TPSA) is 46.9 Å². The maximum absolute atomic E-state index is 12.1. The molecule has 0 saturated heterocycles. The number of rotatable bonds is 5. The Morgan fingerprint density at radius 1 is 1.38 bits per heavy atom. The standard InChI is InChI=1S/C18H20ClN3OS/c1-11-17(24-12(2)21-11)9-18(23)20-7-6-13-10-22(3)16-5-4-14(19)8-15(13)16/h4-5,8,10H,6-7,9H2,1-3H3,(H,20,23). The van der Waals surface area contributed by atoms with Gasteiger partial charge in [0.25, 0.3) is 0 Å². The summed E-state index contributed by atoms with van der Waals surface area (Å²) in [7, 11) is 2.02. The van der Waals surface area contributed by atoms with E-state index in [1.165, 1.54) is 5.56 Å². The lowest BCUT2D eigenvalue weighted by molar-refractivity contribution is -0.120. The molecule has 3 rings (SSSR count). The van der Waals surface area contributed by atoms with Crippen LogP contribution in [0.5, 0.6) is 0 Å².